The van der Waals surface area contributed by atoms with Gasteiger partial charge < -0.3 is 5.32 Å². The normalized spacial score (nSPS) is 11.0. The maximum absolute atomic E-state index is 12.8. The quantitative estimate of drug-likeness (QED) is 0.606. The van der Waals surface area contributed by atoms with E-state index in [2.05, 4.69) is 10.0 Å². The number of ketones is 1. The molecule has 3 aromatic rings. The molecular formula is C22H20N2O4S. The number of sulfonamides is 1. The molecule has 3 rings (SSSR count). The highest BCUT2D eigenvalue weighted by Gasteiger charge is 2.16. The molecule has 1 amide bonds. The van der Waals surface area contributed by atoms with Gasteiger partial charge >= 0.3 is 0 Å². The van der Waals surface area contributed by atoms with E-state index < -0.39 is 15.9 Å². The van der Waals surface area contributed by atoms with Gasteiger partial charge in [0, 0.05) is 16.7 Å². The number of carbonyl (C=O) groups is 2. The average Bonchev–Trinajstić information content (AvgIpc) is 2.69. The fourth-order valence-corrected chi connectivity index (χ4v) is 3.48. The van der Waals surface area contributed by atoms with E-state index in [-0.39, 0.29) is 5.78 Å². The van der Waals surface area contributed by atoms with Crippen LogP contribution in [0.4, 0.5) is 11.4 Å². The summed E-state index contributed by atoms with van der Waals surface area (Å²) >= 11 is 0. The van der Waals surface area contributed by atoms with Crippen molar-refractivity contribution in [3.8, 4) is 0 Å². The van der Waals surface area contributed by atoms with E-state index >= 15 is 0 Å². The summed E-state index contributed by atoms with van der Waals surface area (Å²) in [7, 11) is -3.41. The molecule has 0 saturated heterocycles. The van der Waals surface area contributed by atoms with E-state index in [4.69, 9.17) is 0 Å². The van der Waals surface area contributed by atoms with Crippen LogP contribution in [0.25, 0.3) is 0 Å². The number of hydrogen-bond acceptors (Lipinski definition) is 4. The standard InChI is InChI=1S/C22H20N2O4S/c1-15-14-17(12-13-19(15)24-29(2,27)28)22(26)23-20-11-7-6-10-18(20)21(25)16-8-4-3-5-9-16/h3-14,24H,1-2H3,(H,23,26). The highest BCUT2D eigenvalue weighted by atomic mass is 32.2. The summed E-state index contributed by atoms with van der Waals surface area (Å²) in [4.78, 5) is 25.5. The Morgan fingerprint density at radius 3 is 2.10 bits per heavy atom. The molecule has 0 unspecified atom stereocenters. The highest BCUT2D eigenvalue weighted by molar-refractivity contribution is 7.92. The van der Waals surface area contributed by atoms with Crippen LogP contribution in [0, 0.1) is 6.92 Å². The molecule has 7 heteroatoms. The molecule has 0 aliphatic heterocycles. The van der Waals surface area contributed by atoms with E-state index in [1.807, 2.05) is 6.07 Å². The molecule has 0 aliphatic rings. The van der Waals surface area contributed by atoms with Gasteiger partial charge in [0.2, 0.25) is 10.0 Å². The second-order valence-corrected chi connectivity index (χ2v) is 8.35. The summed E-state index contributed by atoms with van der Waals surface area (Å²) in [6.45, 7) is 1.71. The maximum atomic E-state index is 12.8. The number of para-hydroxylation sites is 1. The van der Waals surface area contributed by atoms with Gasteiger partial charge in [0.05, 0.1) is 17.6 Å². The molecule has 0 radical (unpaired) electrons. The number of aryl methyl sites for hydroxylation is 1. The maximum Gasteiger partial charge on any atom is 0.255 e. The molecule has 0 aliphatic carbocycles. The minimum Gasteiger partial charge on any atom is -0.321 e. The summed E-state index contributed by atoms with van der Waals surface area (Å²) in [6.07, 6.45) is 1.06. The van der Waals surface area contributed by atoms with Crippen molar-refractivity contribution < 1.29 is 18.0 Å². The van der Waals surface area contributed by atoms with Gasteiger partial charge in [-0.05, 0) is 42.8 Å². The van der Waals surface area contributed by atoms with Crippen LogP contribution in [0.1, 0.15) is 31.8 Å². The first kappa shape index (κ1) is 20.3. The number of carbonyl (C=O) groups excluding carboxylic acids is 2. The zero-order valence-corrected chi connectivity index (χ0v) is 16.8. The predicted molar refractivity (Wildman–Crippen MR) is 114 cm³/mol. The van der Waals surface area contributed by atoms with Crippen LogP contribution in [0.15, 0.2) is 72.8 Å². The monoisotopic (exact) mass is 408 g/mol. The summed E-state index contributed by atoms with van der Waals surface area (Å²) < 4.78 is 25.2. The molecule has 3 aromatic carbocycles. The van der Waals surface area contributed by atoms with Crippen LogP contribution in [-0.2, 0) is 10.0 Å². The largest absolute Gasteiger partial charge is 0.321 e. The van der Waals surface area contributed by atoms with Crippen LogP contribution in [0.5, 0.6) is 0 Å². The molecule has 0 atom stereocenters. The van der Waals surface area contributed by atoms with Gasteiger partial charge in [0.1, 0.15) is 0 Å². The van der Waals surface area contributed by atoms with Crippen molar-refractivity contribution in [2.24, 2.45) is 0 Å². The van der Waals surface area contributed by atoms with Crippen molar-refractivity contribution in [3.05, 3.63) is 95.1 Å². The third-order valence-corrected chi connectivity index (χ3v) is 4.83. The fraction of sp³-hybridized carbons (Fsp3) is 0.0909. The molecular weight excluding hydrogens is 388 g/mol. The lowest BCUT2D eigenvalue weighted by molar-refractivity contribution is 0.102. The van der Waals surface area contributed by atoms with Crippen molar-refractivity contribution in [1.29, 1.82) is 0 Å². The van der Waals surface area contributed by atoms with Gasteiger partial charge in [0.25, 0.3) is 5.91 Å². The molecule has 0 aromatic heterocycles. The topological polar surface area (TPSA) is 92.3 Å². The number of anilines is 2. The molecule has 6 nitrogen and oxygen atoms in total. The van der Waals surface area contributed by atoms with Crippen LogP contribution >= 0.6 is 0 Å². The minimum atomic E-state index is -3.41. The number of nitrogens with one attached hydrogen (secondary N) is 2. The minimum absolute atomic E-state index is 0.189. The van der Waals surface area contributed by atoms with Gasteiger partial charge in [0.15, 0.2) is 5.78 Å². The van der Waals surface area contributed by atoms with Crippen molar-refractivity contribution in [1.82, 2.24) is 0 Å². The Kier molecular flexibility index (Phi) is 5.79. The Hall–Kier alpha value is -3.45. The Labute approximate surface area is 169 Å². The lowest BCUT2D eigenvalue weighted by Gasteiger charge is -2.12. The predicted octanol–water partition coefficient (Wildman–Crippen LogP) is 3.85. The molecule has 0 fully saturated rings. The van der Waals surface area contributed by atoms with Crippen molar-refractivity contribution in [3.63, 3.8) is 0 Å². The average molecular weight is 408 g/mol. The van der Waals surface area contributed by atoms with E-state index in [0.717, 1.165) is 6.26 Å². The smallest absolute Gasteiger partial charge is 0.255 e. The Bertz CT molecular complexity index is 1170. The zero-order chi connectivity index (χ0) is 21.0. The number of hydrogen-bond donors (Lipinski definition) is 2. The highest BCUT2D eigenvalue weighted by Crippen LogP contribution is 2.22. The van der Waals surface area contributed by atoms with Crippen LogP contribution in [0.2, 0.25) is 0 Å². The summed E-state index contributed by atoms with van der Waals surface area (Å²) in [6, 6.07) is 20.3. The lowest BCUT2D eigenvalue weighted by atomic mass is 10.0. The molecule has 0 spiro atoms. The first-order chi connectivity index (χ1) is 13.7. The summed E-state index contributed by atoms with van der Waals surface area (Å²) in [5.41, 5.74) is 2.69. The Morgan fingerprint density at radius 2 is 1.45 bits per heavy atom. The first-order valence-electron chi connectivity index (χ1n) is 8.83. The van der Waals surface area contributed by atoms with Crippen LogP contribution in [-0.4, -0.2) is 26.4 Å². The second kappa shape index (κ2) is 8.28. The molecule has 0 saturated carbocycles. The van der Waals surface area contributed by atoms with Gasteiger partial charge in [-0.1, -0.05) is 42.5 Å². The number of rotatable bonds is 6. The molecule has 0 heterocycles. The Morgan fingerprint density at radius 1 is 0.793 bits per heavy atom. The fourth-order valence-electron chi connectivity index (χ4n) is 2.85. The molecule has 29 heavy (non-hydrogen) atoms. The first-order valence-corrected chi connectivity index (χ1v) is 10.7. The molecule has 0 bridgehead atoms. The van der Waals surface area contributed by atoms with Gasteiger partial charge in [-0.2, -0.15) is 0 Å². The second-order valence-electron chi connectivity index (χ2n) is 6.60. The molecule has 2 N–H and O–H groups in total. The summed E-state index contributed by atoms with van der Waals surface area (Å²) in [5.74, 6) is -0.585. The lowest BCUT2D eigenvalue weighted by Crippen LogP contribution is -2.16. The van der Waals surface area contributed by atoms with Crippen molar-refractivity contribution >= 4 is 33.1 Å². The van der Waals surface area contributed by atoms with Gasteiger partial charge in [-0.15, -0.1) is 0 Å². The van der Waals surface area contributed by atoms with E-state index in [1.165, 1.54) is 12.1 Å². The SMILES string of the molecule is Cc1cc(C(=O)Nc2ccccc2C(=O)c2ccccc2)ccc1NS(C)(=O)=O. The summed E-state index contributed by atoms with van der Waals surface area (Å²) in [5, 5.41) is 2.77. The van der Waals surface area contributed by atoms with Gasteiger partial charge in [-0.3, -0.25) is 14.3 Å². The third kappa shape index (κ3) is 5.08. The van der Waals surface area contributed by atoms with Gasteiger partial charge in [-0.25, -0.2) is 8.42 Å². The van der Waals surface area contributed by atoms with Crippen molar-refractivity contribution in [2.75, 3.05) is 16.3 Å². The van der Waals surface area contributed by atoms with E-state index in [0.29, 0.717) is 33.6 Å². The van der Waals surface area contributed by atoms with Crippen LogP contribution in [0.3, 0.4) is 0 Å². The van der Waals surface area contributed by atoms with Crippen LogP contribution < -0.4 is 10.0 Å². The van der Waals surface area contributed by atoms with E-state index in [1.54, 1.807) is 61.5 Å². The number of benzene rings is 3. The third-order valence-electron chi connectivity index (χ3n) is 4.24. The Balaban J connectivity index is 1.85. The zero-order valence-electron chi connectivity index (χ0n) is 16.0. The molecule has 148 valence electrons. The van der Waals surface area contributed by atoms with Crippen molar-refractivity contribution in [2.45, 2.75) is 6.92 Å². The number of amides is 1. The van der Waals surface area contributed by atoms with E-state index in [9.17, 15) is 18.0 Å².